The van der Waals surface area contributed by atoms with Crippen LogP contribution in [0, 0.1) is 12.8 Å². The highest BCUT2D eigenvalue weighted by Crippen LogP contribution is 2.41. The first-order chi connectivity index (χ1) is 7.90. The molecule has 0 bridgehead atoms. The van der Waals surface area contributed by atoms with Crippen LogP contribution in [0.1, 0.15) is 38.1 Å². The van der Waals surface area contributed by atoms with Gasteiger partial charge in [-0.3, -0.25) is 0 Å². The molecule has 92 valence electrons. The van der Waals surface area contributed by atoms with Crippen LogP contribution in [0.15, 0.2) is 6.20 Å². The number of nitrogens with one attached hydrogen (secondary N) is 1. The highest BCUT2D eigenvalue weighted by atomic mass is 32.1. The summed E-state index contributed by atoms with van der Waals surface area (Å²) < 4.78 is 0. The number of nitrogens with two attached hydrogens (primary N) is 1. The maximum atomic E-state index is 5.69. The van der Waals surface area contributed by atoms with Gasteiger partial charge in [-0.1, -0.05) is 12.2 Å². The second-order valence-corrected chi connectivity index (χ2v) is 5.60. The zero-order valence-corrected chi connectivity index (χ0v) is 11.3. The second kappa shape index (κ2) is 4.22. The van der Waals surface area contributed by atoms with Crippen LogP contribution in [-0.2, 0) is 0 Å². The van der Waals surface area contributed by atoms with Gasteiger partial charge in [-0.25, -0.2) is 9.97 Å². The van der Waals surface area contributed by atoms with E-state index >= 15 is 0 Å². The van der Waals surface area contributed by atoms with E-state index in [2.05, 4.69) is 29.1 Å². The van der Waals surface area contributed by atoms with Crippen molar-refractivity contribution in [3.8, 4) is 0 Å². The van der Waals surface area contributed by atoms with E-state index in [1.807, 2.05) is 6.92 Å². The molecule has 2 rings (SSSR count). The summed E-state index contributed by atoms with van der Waals surface area (Å²) >= 11 is 5.02. The number of nitrogens with zero attached hydrogens (tertiary/aromatic N) is 2. The van der Waals surface area contributed by atoms with E-state index < -0.39 is 0 Å². The van der Waals surface area contributed by atoms with Gasteiger partial charge < -0.3 is 11.1 Å². The van der Waals surface area contributed by atoms with Crippen molar-refractivity contribution in [1.82, 2.24) is 9.97 Å². The van der Waals surface area contributed by atoms with Gasteiger partial charge in [0, 0.05) is 11.7 Å². The molecular weight excluding hydrogens is 232 g/mol. The van der Waals surface area contributed by atoms with Crippen LogP contribution >= 0.6 is 12.2 Å². The third-order valence-electron chi connectivity index (χ3n) is 3.21. The molecule has 0 atom stereocenters. The van der Waals surface area contributed by atoms with Gasteiger partial charge >= 0.3 is 0 Å². The molecule has 0 amide bonds. The number of aryl methyl sites for hydroxylation is 1. The largest absolute Gasteiger partial charge is 0.389 e. The Morgan fingerprint density at radius 1 is 1.53 bits per heavy atom. The fourth-order valence-electron chi connectivity index (χ4n) is 1.96. The van der Waals surface area contributed by atoms with Crippen LogP contribution in [0.5, 0.6) is 0 Å². The van der Waals surface area contributed by atoms with Gasteiger partial charge in [0.2, 0.25) is 0 Å². The molecule has 17 heavy (non-hydrogen) atoms. The molecule has 0 aliphatic heterocycles. The topological polar surface area (TPSA) is 63.8 Å². The molecule has 1 heterocycles. The fraction of sp³-hybridized carbons (Fsp3) is 0.583. The van der Waals surface area contributed by atoms with E-state index in [1.165, 1.54) is 12.8 Å². The van der Waals surface area contributed by atoms with Gasteiger partial charge in [-0.15, -0.1) is 0 Å². The smallest absolute Gasteiger partial charge is 0.140 e. The molecular formula is C12H18N4S. The first-order valence-corrected chi connectivity index (χ1v) is 6.22. The number of anilines is 1. The molecule has 1 aliphatic rings. The van der Waals surface area contributed by atoms with Crippen molar-refractivity contribution in [1.29, 1.82) is 0 Å². The summed E-state index contributed by atoms with van der Waals surface area (Å²) in [6.07, 6.45) is 4.23. The molecule has 1 aromatic rings. The summed E-state index contributed by atoms with van der Waals surface area (Å²) in [4.78, 5) is 8.87. The first-order valence-electron chi connectivity index (χ1n) is 5.82. The van der Waals surface area contributed by atoms with Gasteiger partial charge in [-0.05, 0) is 39.5 Å². The van der Waals surface area contributed by atoms with Crippen molar-refractivity contribution >= 4 is 23.0 Å². The van der Waals surface area contributed by atoms with E-state index in [-0.39, 0.29) is 5.54 Å². The minimum atomic E-state index is 0.0281. The number of hydrogen-bond acceptors (Lipinski definition) is 4. The summed E-state index contributed by atoms with van der Waals surface area (Å²) in [5.41, 5.74) is 6.44. The molecule has 0 spiro atoms. The molecule has 1 saturated carbocycles. The third-order valence-corrected chi connectivity index (χ3v) is 3.43. The summed E-state index contributed by atoms with van der Waals surface area (Å²) in [7, 11) is 0. The van der Waals surface area contributed by atoms with Crippen LogP contribution in [-0.4, -0.2) is 20.5 Å². The van der Waals surface area contributed by atoms with Gasteiger partial charge in [0.15, 0.2) is 0 Å². The summed E-state index contributed by atoms with van der Waals surface area (Å²) in [5, 5.41) is 3.45. The first kappa shape index (κ1) is 12.2. The van der Waals surface area contributed by atoms with Gasteiger partial charge in [0.05, 0.1) is 5.56 Å². The van der Waals surface area contributed by atoms with Crippen molar-refractivity contribution in [2.75, 3.05) is 5.32 Å². The van der Waals surface area contributed by atoms with Crippen molar-refractivity contribution in [2.24, 2.45) is 11.7 Å². The Bertz CT molecular complexity index is 452. The lowest BCUT2D eigenvalue weighted by Crippen LogP contribution is -2.35. The predicted octanol–water partition coefficient (Wildman–Crippen LogP) is 2.02. The maximum absolute atomic E-state index is 5.69. The lowest BCUT2D eigenvalue weighted by Gasteiger charge is -2.27. The zero-order chi connectivity index (χ0) is 12.6. The summed E-state index contributed by atoms with van der Waals surface area (Å²) in [5.74, 6) is 2.18. The van der Waals surface area contributed by atoms with Gasteiger partial charge in [-0.2, -0.15) is 0 Å². The Balaban J connectivity index is 2.30. The van der Waals surface area contributed by atoms with E-state index in [4.69, 9.17) is 18.0 Å². The number of thiocarbonyl (C=S) groups is 1. The molecule has 1 fully saturated rings. The van der Waals surface area contributed by atoms with Gasteiger partial charge in [0.1, 0.15) is 16.6 Å². The van der Waals surface area contributed by atoms with E-state index in [0.717, 1.165) is 17.2 Å². The van der Waals surface area contributed by atoms with Crippen LogP contribution in [0.3, 0.4) is 0 Å². The van der Waals surface area contributed by atoms with Crippen LogP contribution < -0.4 is 11.1 Å². The minimum absolute atomic E-state index is 0.0281. The third kappa shape index (κ3) is 2.72. The second-order valence-electron chi connectivity index (χ2n) is 5.16. The predicted molar refractivity (Wildman–Crippen MR) is 73.1 cm³/mol. The standard InChI is InChI=1S/C12H18N4S/c1-7-14-6-9(10(13)17)11(15-7)16-12(2,3)8-4-5-8/h6,8H,4-5H2,1-3H3,(H2,13,17)(H,14,15,16). The van der Waals surface area contributed by atoms with Gasteiger partial charge in [0.25, 0.3) is 0 Å². The minimum Gasteiger partial charge on any atom is -0.389 e. The summed E-state index contributed by atoms with van der Waals surface area (Å²) in [6, 6.07) is 0. The van der Waals surface area contributed by atoms with Crippen LogP contribution in [0.4, 0.5) is 5.82 Å². The number of rotatable bonds is 4. The summed E-state index contributed by atoms with van der Waals surface area (Å²) in [6.45, 7) is 6.23. The highest BCUT2D eigenvalue weighted by Gasteiger charge is 2.38. The molecule has 0 unspecified atom stereocenters. The number of aromatic nitrogens is 2. The molecule has 3 N–H and O–H groups in total. The Hall–Kier alpha value is -1.23. The monoisotopic (exact) mass is 250 g/mol. The maximum Gasteiger partial charge on any atom is 0.140 e. The molecule has 5 heteroatoms. The van der Waals surface area contributed by atoms with Crippen molar-refractivity contribution in [3.05, 3.63) is 17.6 Å². The molecule has 0 aromatic carbocycles. The molecule has 1 aliphatic carbocycles. The lowest BCUT2D eigenvalue weighted by atomic mass is 9.98. The van der Waals surface area contributed by atoms with E-state index in [1.54, 1.807) is 6.20 Å². The van der Waals surface area contributed by atoms with E-state index in [0.29, 0.717) is 10.9 Å². The number of hydrogen-bond donors (Lipinski definition) is 2. The molecule has 1 aromatic heterocycles. The van der Waals surface area contributed by atoms with Crippen molar-refractivity contribution in [3.63, 3.8) is 0 Å². The molecule has 0 saturated heterocycles. The van der Waals surface area contributed by atoms with Crippen molar-refractivity contribution < 1.29 is 0 Å². The van der Waals surface area contributed by atoms with E-state index in [9.17, 15) is 0 Å². The average molecular weight is 250 g/mol. The highest BCUT2D eigenvalue weighted by molar-refractivity contribution is 7.80. The zero-order valence-electron chi connectivity index (χ0n) is 10.4. The Kier molecular flexibility index (Phi) is 3.03. The normalized spacial score (nSPS) is 15.7. The average Bonchev–Trinajstić information content (AvgIpc) is 2.99. The Morgan fingerprint density at radius 3 is 2.71 bits per heavy atom. The fourth-order valence-corrected chi connectivity index (χ4v) is 2.11. The lowest BCUT2D eigenvalue weighted by molar-refractivity contribution is 0.492. The van der Waals surface area contributed by atoms with Crippen LogP contribution in [0.2, 0.25) is 0 Å². The Morgan fingerprint density at radius 2 is 2.18 bits per heavy atom. The Labute approximate surface area is 107 Å². The quantitative estimate of drug-likeness (QED) is 0.800. The molecule has 0 radical (unpaired) electrons. The molecule has 4 nitrogen and oxygen atoms in total. The van der Waals surface area contributed by atoms with Crippen LogP contribution in [0.25, 0.3) is 0 Å². The van der Waals surface area contributed by atoms with Crippen molar-refractivity contribution in [2.45, 2.75) is 39.2 Å². The SMILES string of the molecule is Cc1ncc(C(N)=S)c(NC(C)(C)C2CC2)n1.